The summed E-state index contributed by atoms with van der Waals surface area (Å²) in [6.07, 6.45) is 1.20. The topological polar surface area (TPSA) is 109 Å². The number of thiazole rings is 1. The van der Waals surface area contributed by atoms with Gasteiger partial charge in [-0.15, -0.1) is 0 Å². The molecule has 0 saturated heterocycles. The summed E-state index contributed by atoms with van der Waals surface area (Å²) >= 11 is 1.42. The molecule has 3 rings (SSSR count). The zero-order valence-electron chi connectivity index (χ0n) is 16.0. The maximum Gasteiger partial charge on any atom is 0.272 e. The van der Waals surface area contributed by atoms with Crippen LogP contribution in [0.25, 0.3) is 10.6 Å². The van der Waals surface area contributed by atoms with Gasteiger partial charge in [0.25, 0.3) is 5.91 Å². The minimum absolute atomic E-state index is 0.0331. The molecule has 27 heavy (non-hydrogen) atoms. The molecule has 2 heterocycles. The van der Waals surface area contributed by atoms with E-state index in [-0.39, 0.29) is 30.4 Å². The van der Waals surface area contributed by atoms with E-state index in [9.17, 15) is 9.59 Å². The third-order valence-electron chi connectivity index (χ3n) is 4.46. The Hall–Kier alpha value is -2.26. The number of rotatable bonds is 6. The molecule has 8 nitrogen and oxygen atoms in total. The van der Waals surface area contributed by atoms with Gasteiger partial charge in [0.2, 0.25) is 5.91 Å². The van der Waals surface area contributed by atoms with Crippen LogP contribution < -0.4 is 10.6 Å². The monoisotopic (exact) mass is 391 g/mol. The maximum absolute atomic E-state index is 12.7. The van der Waals surface area contributed by atoms with Gasteiger partial charge in [0, 0.05) is 31.7 Å². The Balaban J connectivity index is 2.08. The normalized spacial score (nSPS) is 15.4. The van der Waals surface area contributed by atoms with E-state index in [1.165, 1.54) is 18.3 Å². The minimum Gasteiger partial charge on any atom is -0.396 e. The summed E-state index contributed by atoms with van der Waals surface area (Å²) in [5.41, 5.74) is 3.21. The lowest BCUT2D eigenvalue weighted by Crippen LogP contribution is -2.27. The van der Waals surface area contributed by atoms with E-state index >= 15 is 0 Å². The molecular formula is C18H25N5O3S. The number of hydrogen-bond acceptors (Lipinski definition) is 6. The second-order valence-electron chi connectivity index (χ2n) is 7.06. The highest BCUT2D eigenvalue weighted by atomic mass is 32.1. The molecule has 0 spiro atoms. The zero-order chi connectivity index (χ0) is 19.7. The molecule has 0 saturated carbocycles. The van der Waals surface area contributed by atoms with Crippen molar-refractivity contribution in [3.8, 4) is 10.6 Å². The van der Waals surface area contributed by atoms with Crippen LogP contribution in [0.3, 0.4) is 0 Å². The number of fused-ring (bicyclic) bond motifs is 3. The van der Waals surface area contributed by atoms with Crippen molar-refractivity contribution in [2.24, 2.45) is 0 Å². The fourth-order valence-electron chi connectivity index (χ4n) is 3.32. The number of nitrogens with one attached hydrogen (secondary N) is 2. The van der Waals surface area contributed by atoms with Crippen LogP contribution in [0.15, 0.2) is 0 Å². The Bertz CT molecular complexity index is 871. The second-order valence-corrected chi connectivity index (χ2v) is 8.06. The van der Waals surface area contributed by atoms with Gasteiger partial charge in [-0.3, -0.25) is 14.3 Å². The molecule has 9 heteroatoms. The molecule has 1 aliphatic carbocycles. The molecule has 2 amide bonds. The summed E-state index contributed by atoms with van der Waals surface area (Å²) in [5, 5.41) is 19.7. The number of aliphatic hydroxyl groups excluding tert-OH is 1. The van der Waals surface area contributed by atoms with Crippen LogP contribution in [0, 0.1) is 0 Å². The molecule has 146 valence electrons. The minimum atomic E-state index is -0.221. The number of carbonyl (C=O) groups excluding carboxylic acids is 2. The first kappa shape index (κ1) is 19.5. The maximum atomic E-state index is 12.7. The van der Waals surface area contributed by atoms with E-state index in [1.807, 2.05) is 18.5 Å². The SMILES string of the molecule is CC(=O)Nc1nc2c(s1)-c1c(c(C(=O)NCCCO)nn1C(C)C)C(C)C2. The average molecular weight is 391 g/mol. The predicted octanol–water partition coefficient (Wildman–Crippen LogP) is 2.32. The van der Waals surface area contributed by atoms with Crippen molar-refractivity contribution in [1.82, 2.24) is 20.1 Å². The largest absolute Gasteiger partial charge is 0.396 e. The molecule has 1 aliphatic rings. The number of hydrogen-bond donors (Lipinski definition) is 3. The molecule has 0 fully saturated rings. The Labute approximate surface area is 162 Å². The van der Waals surface area contributed by atoms with E-state index in [4.69, 9.17) is 5.11 Å². The number of aromatic nitrogens is 3. The molecule has 1 atom stereocenters. The molecule has 0 aliphatic heterocycles. The molecule has 1 unspecified atom stereocenters. The van der Waals surface area contributed by atoms with E-state index in [0.29, 0.717) is 30.2 Å². The Kier molecular flexibility index (Phi) is 5.61. The highest BCUT2D eigenvalue weighted by Gasteiger charge is 2.35. The van der Waals surface area contributed by atoms with Gasteiger partial charge in [-0.2, -0.15) is 5.10 Å². The van der Waals surface area contributed by atoms with E-state index in [0.717, 1.165) is 21.8 Å². The average Bonchev–Trinajstić information content (AvgIpc) is 3.15. The van der Waals surface area contributed by atoms with E-state index in [2.05, 4.69) is 27.6 Å². The fourth-order valence-corrected chi connectivity index (χ4v) is 4.41. The lowest BCUT2D eigenvalue weighted by molar-refractivity contribution is -0.114. The molecule has 3 N–H and O–H groups in total. The van der Waals surface area contributed by atoms with Gasteiger partial charge in [-0.1, -0.05) is 18.3 Å². The van der Waals surface area contributed by atoms with E-state index in [1.54, 1.807) is 0 Å². The van der Waals surface area contributed by atoms with Crippen LogP contribution in [0.4, 0.5) is 5.13 Å². The fraction of sp³-hybridized carbons (Fsp3) is 0.556. The third-order valence-corrected chi connectivity index (χ3v) is 5.48. The number of amides is 2. The summed E-state index contributed by atoms with van der Waals surface area (Å²) in [7, 11) is 0. The van der Waals surface area contributed by atoms with Crippen molar-refractivity contribution < 1.29 is 14.7 Å². The van der Waals surface area contributed by atoms with Gasteiger partial charge in [-0.05, 0) is 32.6 Å². The summed E-state index contributed by atoms with van der Waals surface area (Å²) in [6, 6.07) is 0.0715. The van der Waals surface area contributed by atoms with Gasteiger partial charge in [-0.25, -0.2) is 4.98 Å². The summed E-state index contributed by atoms with van der Waals surface area (Å²) < 4.78 is 1.88. The highest BCUT2D eigenvalue weighted by Crippen LogP contribution is 2.46. The Morgan fingerprint density at radius 2 is 2.15 bits per heavy atom. The van der Waals surface area contributed by atoms with Gasteiger partial charge in [0.1, 0.15) is 0 Å². The van der Waals surface area contributed by atoms with Crippen LogP contribution in [-0.4, -0.2) is 44.8 Å². The third kappa shape index (κ3) is 3.74. The number of aliphatic hydroxyl groups is 1. The van der Waals surface area contributed by atoms with Crippen molar-refractivity contribution >= 4 is 28.3 Å². The Morgan fingerprint density at radius 1 is 1.41 bits per heavy atom. The Morgan fingerprint density at radius 3 is 2.78 bits per heavy atom. The highest BCUT2D eigenvalue weighted by molar-refractivity contribution is 7.19. The second kappa shape index (κ2) is 7.77. The molecule has 0 aromatic carbocycles. The van der Waals surface area contributed by atoms with Crippen molar-refractivity contribution in [3.63, 3.8) is 0 Å². The summed E-state index contributed by atoms with van der Waals surface area (Å²) in [4.78, 5) is 29.6. The van der Waals surface area contributed by atoms with Crippen molar-refractivity contribution in [2.75, 3.05) is 18.5 Å². The first-order valence-electron chi connectivity index (χ1n) is 9.12. The van der Waals surface area contributed by atoms with Crippen LogP contribution in [0.1, 0.15) is 67.8 Å². The lowest BCUT2D eigenvalue weighted by atomic mass is 9.87. The molecule has 0 radical (unpaired) electrons. The van der Waals surface area contributed by atoms with Crippen LogP contribution in [0.5, 0.6) is 0 Å². The smallest absolute Gasteiger partial charge is 0.272 e. The van der Waals surface area contributed by atoms with Crippen LogP contribution >= 0.6 is 11.3 Å². The summed E-state index contributed by atoms with van der Waals surface area (Å²) in [5.74, 6) is -0.289. The quantitative estimate of drug-likeness (QED) is 0.655. The first-order valence-corrected chi connectivity index (χ1v) is 9.94. The summed E-state index contributed by atoms with van der Waals surface area (Å²) in [6.45, 7) is 8.01. The lowest BCUT2D eigenvalue weighted by Gasteiger charge is -2.20. The van der Waals surface area contributed by atoms with Gasteiger partial charge >= 0.3 is 0 Å². The molecular weight excluding hydrogens is 366 g/mol. The van der Waals surface area contributed by atoms with Gasteiger partial charge in [0.15, 0.2) is 10.8 Å². The number of carbonyl (C=O) groups is 2. The number of nitrogens with zero attached hydrogens (tertiary/aromatic N) is 3. The predicted molar refractivity (Wildman–Crippen MR) is 104 cm³/mol. The van der Waals surface area contributed by atoms with Crippen LogP contribution in [-0.2, 0) is 11.2 Å². The van der Waals surface area contributed by atoms with Crippen molar-refractivity contribution in [2.45, 2.75) is 52.5 Å². The molecule has 0 bridgehead atoms. The molecule has 2 aromatic rings. The van der Waals surface area contributed by atoms with E-state index < -0.39 is 0 Å². The zero-order valence-corrected chi connectivity index (χ0v) is 16.8. The standard InChI is InChI=1S/C18H25N5O3S/c1-9(2)23-15-13(14(22-23)17(26)19-6-5-7-24)10(3)8-12-16(15)27-18(21-12)20-11(4)25/h9-10,24H,5-8H2,1-4H3,(H,19,26)(H,20,21,25). The number of anilines is 1. The first-order chi connectivity index (χ1) is 12.8. The van der Waals surface area contributed by atoms with Crippen LogP contribution in [0.2, 0.25) is 0 Å². The van der Waals surface area contributed by atoms with Gasteiger partial charge in [0.05, 0.1) is 16.3 Å². The van der Waals surface area contributed by atoms with Gasteiger partial charge < -0.3 is 15.7 Å². The molecule has 2 aromatic heterocycles. The van der Waals surface area contributed by atoms with Crippen molar-refractivity contribution in [3.05, 3.63) is 17.0 Å². The van der Waals surface area contributed by atoms with Crippen molar-refractivity contribution in [1.29, 1.82) is 0 Å².